The minimum atomic E-state index is 0.333. The van der Waals surface area contributed by atoms with Crippen molar-refractivity contribution in [1.29, 1.82) is 0 Å². The highest BCUT2D eigenvalue weighted by atomic mass is 32.2. The number of amidine groups is 1. The molecule has 0 radical (unpaired) electrons. The van der Waals surface area contributed by atoms with E-state index in [2.05, 4.69) is 39.3 Å². The second-order valence-corrected chi connectivity index (χ2v) is 7.63. The Morgan fingerprint density at radius 2 is 2.06 bits per heavy atom. The second-order valence-electron chi connectivity index (χ2n) is 4.93. The van der Waals surface area contributed by atoms with Crippen LogP contribution in [-0.2, 0) is 0 Å². The van der Waals surface area contributed by atoms with Crippen LogP contribution in [0.4, 0.5) is 0 Å². The van der Waals surface area contributed by atoms with Gasteiger partial charge in [-0.1, -0.05) is 32.5 Å². The number of nitrogens with zero attached hydrogens (tertiary/aromatic N) is 1. The Morgan fingerprint density at radius 3 is 2.53 bits per heavy atom. The summed E-state index contributed by atoms with van der Waals surface area (Å²) in [5, 5.41) is 5.34. The van der Waals surface area contributed by atoms with Crippen LogP contribution in [0.1, 0.15) is 47.0 Å². The van der Waals surface area contributed by atoms with Gasteiger partial charge in [0, 0.05) is 16.0 Å². The van der Waals surface area contributed by atoms with Gasteiger partial charge in [-0.2, -0.15) is 11.8 Å². The molecule has 4 heteroatoms. The average Bonchev–Trinajstić information content (AvgIpc) is 2.30. The van der Waals surface area contributed by atoms with Crippen molar-refractivity contribution in [2.75, 3.05) is 12.8 Å². The van der Waals surface area contributed by atoms with Crippen LogP contribution < -0.4 is 5.32 Å². The van der Waals surface area contributed by atoms with E-state index >= 15 is 0 Å². The van der Waals surface area contributed by atoms with Gasteiger partial charge in [0.2, 0.25) is 0 Å². The highest BCUT2D eigenvalue weighted by Crippen LogP contribution is 2.31. The molecule has 0 aromatic heterocycles. The molecule has 2 nitrogen and oxygen atoms in total. The first-order valence-corrected chi connectivity index (χ1v) is 8.68. The van der Waals surface area contributed by atoms with Crippen LogP contribution in [-0.4, -0.2) is 34.0 Å². The highest BCUT2D eigenvalue weighted by Gasteiger charge is 2.26. The number of thioether (sulfide) groups is 2. The molecule has 1 heterocycles. The maximum atomic E-state index is 4.82. The lowest BCUT2D eigenvalue weighted by atomic mass is 10.0. The van der Waals surface area contributed by atoms with Gasteiger partial charge in [0.15, 0.2) is 5.17 Å². The minimum Gasteiger partial charge on any atom is -0.362 e. The fourth-order valence-electron chi connectivity index (χ4n) is 2.17. The van der Waals surface area contributed by atoms with Crippen molar-refractivity contribution in [1.82, 2.24) is 5.32 Å². The van der Waals surface area contributed by atoms with Crippen LogP contribution in [0.15, 0.2) is 4.99 Å². The van der Waals surface area contributed by atoms with Crippen molar-refractivity contribution in [2.24, 2.45) is 4.99 Å². The van der Waals surface area contributed by atoms with Gasteiger partial charge < -0.3 is 5.32 Å². The summed E-state index contributed by atoms with van der Waals surface area (Å²) in [6, 6.07) is 0.567. The third kappa shape index (κ3) is 4.40. The Hall–Kier alpha value is 0.170. The molecule has 0 aliphatic carbocycles. The molecule has 0 amide bonds. The number of rotatable bonds is 5. The van der Waals surface area contributed by atoms with E-state index in [1.54, 1.807) is 0 Å². The maximum absolute atomic E-state index is 4.82. The van der Waals surface area contributed by atoms with E-state index in [-0.39, 0.29) is 0 Å². The molecular weight excluding hydrogens is 248 g/mol. The van der Waals surface area contributed by atoms with E-state index in [9.17, 15) is 0 Å². The molecule has 1 aliphatic heterocycles. The standard InChI is InChI=1S/C13H26N2S2/c1-6-13(7-2,16-5)9-14-12-15-10(3)8-11(4)17-12/h10-11H,6-9H2,1-5H3,(H,14,15). The van der Waals surface area contributed by atoms with Crippen LogP contribution in [0.3, 0.4) is 0 Å². The lowest BCUT2D eigenvalue weighted by Gasteiger charge is -2.30. The van der Waals surface area contributed by atoms with Gasteiger partial charge in [-0.3, -0.25) is 4.99 Å². The third-order valence-electron chi connectivity index (χ3n) is 3.60. The molecule has 100 valence electrons. The predicted octanol–water partition coefficient (Wildman–Crippen LogP) is 3.77. The Labute approximate surface area is 115 Å². The summed E-state index contributed by atoms with van der Waals surface area (Å²) in [5.74, 6) is 0. The van der Waals surface area contributed by atoms with Crippen molar-refractivity contribution in [3.05, 3.63) is 0 Å². The topological polar surface area (TPSA) is 24.4 Å². The van der Waals surface area contributed by atoms with Gasteiger partial charge in [-0.25, -0.2) is 0 Å². The summed E-state index contributed by atoms with van der Waals surface area (Å²) in [5.41, 5.74) is 0. The molecule has 17 heavy (non-hydrogen) atoms. The molecule has 0 aromatic rings. The zero-order valence-electron chi connectivity index (χ0n) is 11.7. The molecule has 1 fully saturated rings. The largest absolute Gasteiger partial charge is 0.362 e. The first-order valence-electron chi connectivity index (χ1n) is 6.58. The monoisotopic (exact) mass is 274 g/mol. The third-order valence-corrected chi connectivity index (χ3v) is 6.24. The van der Waals surface area contributed by atoms with E-state index in [0.29, 0.717) is 16.0 Å². The molecular formula is C13H26N2S2. The number of aliphatic imine (C=N–C) groups is 1. The van der Waals surface area contributed by atoms with Gasteiger partial charge in [-0.05, 0) is 32.4 Å². The molecule has 1 saturated heterocycles. The van der Waals surface area contributed by atoms with Crippen molar-refractivity contribution < 1.29 is 0 Å². The van der Waals surface area contributed by atoms with Crippen LogP contribution in [0.25, 0.3) is 0 Å². The van der Waals surface area contributed by atoms with E-state index in [1.807, 2.05) is 23.5 Å². The van der Waals surface area contributed by atoms with E-state index in [0.717, 1.165) is 11.7 Å². The average molecular weight is 274 g/mol. The molecule has 0 saturated carbocycles. The van der Waals surface area contributed by atoms with E-state index in [4.69, 9.17) is 4.99 Å². The lowest BCUT2D eigenvalue weighted by Crippen LogP contribution is -2.39. The van der Waals surface area contributed by atoms with Gasteiger partial charge in [0.05, 0.1) is 6.54 Å². The summed E-state index contributed by atoms with van der Waals surface area (Å²) >= 11 is 3.86. The van der Waals surface area contributed by atoms with Gasteiger partial charge >= 0.3 is 0 Å². The van der Waals surface area contributed by atoms with Crippen LogP contribution in [0.2, 0.25) is 0 Å². The van der Waals surface area contributed by atoms with Crippen LogP contribution >= 0.6 is 23.5 Å². The van der Waals surface area contributed by atoms with Gasteiger partial charge in [0.25, 0.3) is 0 Å². The maximum Gasteiger partial charge on any atom is 0.157 e. The smallest absolute Gasteiger partial charge is 0.157 e. The summed E-state index contributed by atoms with van der Waals surface area (Å²) in [6.45, 7) is 10.0. The van der Waals surface area contributed by atoms with Gasteiger partial charge in [0.1, 0.15) is 0 Å². The summed E-state index contributed by atoms with van der Waals surface area (Å²) < 4.78 is 0.333. The van der Waals surface area contributed by atoms with Crippen molar-refractivity contribution in [3.63, 3.8) is 0 Å². The Bertz CT molecular complexity index is 242. The second kappa shape index (κ2) is 6.93. The lowest BCUT2D eigenvalue weighted by molar-refractivity contribution is 0.555. The molecule has 0 aromatic carbocycles. The molecule has 1 N–H and O–H groups in total. The molecule has 2 atom stereocenters. The summed E-state index contributed by atoms with van der Waals surface area (Å²) in [6.07, 6.45) is 5.83. The van der Waals surface area contributed by atoms with E-state index < -0.39 is 0 Å². The molecule has 0 spiro atoms. The zero-order chi connectivity index (χ0) is 12.9. The predicted molar refractivity (Wildman–Crippen MR) is 83.4 cm³/mol. The Balaban J connectivity index is 2.62. The first kappa shape index (κ1) is 15.2. The summed E-state index contributed by atoms with van der Waals surface area (Å²) in [4.78, 5) is 4.82. The van der Waals surface area contributed by atoms with E-state index in [1.165, 1.54) is 19.3 Å². The normalized spacial score (nSPS) is 28.2. The Kier molecular flexibility index (Phi) is 6.21. The highest BCUT2D eigenvalue weighted by molar-refractivity contribution is 8.14. The summed E-state index contributed by atoms with van der Waals surface area (Å²) in [7, 11) is 0. The quantitative estimate of drug-likeness (QED) is 0.826. The number of nitrogens with one attached hydrogen (secondary N) is 1. The van der Waals surface area contributed by atoms with Crippen molar-refractivity contribution in [2.45, 2.75) is 63.0 Å². The fourth-order valence-corrected chi connectivity index (χ4v) is 4.11. The Morgan fingerprint density at radius 1 is 1.41 bits per heavy atom. The zero-order valence-corrected chi connectivity index (χ0v) is 13.4. The molecule has 0 bridgehead atoms. The number of hydrogen-bond acceptors (Lipinski definition) is 3. The SMILES string of the molecule is CCC(CC)(CN=C1NC(C)CC(C)S1)SC. The molecule has 2 unspecified atom stereocenters. The van der Waals surface area contributed by atoms with Crippen LogP contribution in [0, 0.1) is 0 Å². The van der Waals surface area contributed by atoms with Crippen molar-refractivity contribution in [3.8, 4) is 0 Å². The minimum absolute atomic E-state index is 0.333. The van der Waals surface area contributed by atoms with Gasteiger partial charge in [-0.15, -0.1) is 0 Å². The first-order chi connectivity index (χ1) is 8.05. The molecule has 1 aliphatic rings. The van der Waals surface area contributed by atoms with Crippen LogP contribution in [0.5, 0.6) is 0 Å². The van der Waals surface area contributed by atoms with Crippen molar-refractivity contribution >= 4 is 28.7 Å². The fraction of sp³-hybridized carbons (Fsp3) is 0.923. The number of hydrogen-bond donors (Lipinski definition) is 1. The molecule has 1 rings (SSSR count).